The van der Waals surface area contributed by atoms with E-state index in [1.807, 2.05) is 25.3 Å². The second-order valence-corrected chi connectivity index (χ2v) is 9.19. The normalized spacial score (nSPS) is 31.0. The standard InChI is InChI=1S/C25H32N2O3/c1-17-21-23(30-26-24(21)29-16-18-10-5-4-6-11-18)22(27-14-7-8-15-27)19-12-9-13-20(28-3)25(17,19)2/h4-6,10-11,13,17,19,22H,7-9,12,14-16H2,1-3H3/t17?,19?,22-,25?/m0/s1. The topological polar surface area (TPSA) is 47.7 Å². The Morgan fingerprint density at radius 2 is 1.97 bits per heavy atom. The lowest BCUT2D eigenvalue weighted by atomic mass is 9.55. The monoisotopic (exact) mass is 408 g/mol. The molecule has 2 heterocycles. The number of benzene rings is 1. The van der Waals surface area contributed by atoms with E-state index in [0.29, 0.717) is 18.4 Å². The number of likely N-dealkylation sites (tertiary alicyclic amines) is 1. The molecule has 1 aromatic heterocycles. The summed E-state index contributed by atoms with van der Waals surface area (Å²) in [6, 6.07) is 10.5. The first-order valence-corrected chi connectivity index (χ1v) is 11.3. The second-order valence-electron chi connectivity index (χ2n) is 9.19. The van der Waals surface area contributed by atoms with Gasteiger partial charge in [-0.1, -0.05) is 44.2 Å². The zero-order chi connectivity index (χ0) is 20.7. The van der Waals surface area contributed by atoms with Gasteiger partial charge in [-0.05, 0) is 61.5 Å². The SMILES string of the molecule is COC1=CCCC2[C@H](N3CCCC3)c3onc(OCc4ccccc4)c3C(C)C12C. The van der Waals surface area contributed by atoms with Crippen molar-refractivity contribution in [2.75, 3.05) is 20.2 Å². The van der Waals surface area contributed by atoms with Crippen LogP contribution in [0.5, 0.6) is 5.88 Å². The van der Waals surface area contributed by atoms with Gasteiger partial charge >= 0.3 is 0 Å². The molecule has 0 saturated carbocycles. The average molecular weight is 409 g/mol. The van der Waals surface area contributed by atoms with E-state index in [4.69, 9.17) is 14.0 Å². The highest BCUT2D eigenvalue weighted by molar-refractivity contribution is 5.42. The Kier molecular flexibility index (Phi) is 5.10. The van der Waals surface area contributed by atoms with Gasteiger partial charge in [0, 0.05) is 11.3 Å². The number of rotatable bonds is 5. The van der Waals surface area contributed by atoms with Gasteiger partial charge in [0.05, 0.1) is 24.5 Å². The summed E-state index contributed by atoms with van der Waals surface area (Å²) >= 11 is 0. The van der Waals surface area contributed by atoms with E-state index < -0.39 is 0 Å². The van der Waals surface area contributed by atoms with Crippen LogP contribution in [0.2, 0.25) is 0 Å². The summed E-state index contributed by atoms with van der Waals surface area (Å²) in [6.45, 7) is 7.40. The van der Waals surface area contributed by atoms with Crippen molar-refractivity contribution in [3.8, 4) is 5.88 Å². The molecule has 5 nitrogen and oxygen atoms in total. The van der Waals surface area contributed by atoms with Gasteiger partial charge in [-0.2, -0.15) is 0 Å². The van der Waals surface area contributed by atoms with Crippen molar-refractivity contribution in [3.63, 3.8) is 0 Å². The van der Waals surface area contributed by atoms with Crippen LogP contribution in [0, 0.1) is 11.3 Å². The third kappa shape index (κ3) is 2.97. The highest BCUT2D eigenvalue weighted by atomic mass is 16.5. The third-order valence-corrected chi connectivity index (χ3v) is 7.79. The first-order valence-electron chi connectivity index (χ1n) is 11.3. The summed E-state index contributed by atoms with van der Waals surface area (Å²) < 4.78 is 18.2. The van der Waals surface area contributed by atoms with E-state index >= 15 is 0 Å². The Morgan fingerprint density at radius 3 is 2.70 bits per heavy atom. The minimum atomic E-state index is -0.0936. The number of hydrogen-bond donors (Lipinski definition) is 0. The van der Waals surface area contributed by atoms with Crippen LogP contribution in [-0.2, 0) is 11.3 Å². The molecule has 0 radical (unpaired) electrons. The number of hydrogen-bond acceptors (Lipinski definition) is 5. The van der Waals surface area contributed by atoms with Crippen LogP contribution >= 0.6 is 0 Å². The van der Waals surface area contributed by atoms with Crippen molar-refractivity contribution in [2.45, 2.75) is 58.1 Å². The van der Waals surface area contributed by atoms with Gasteiger partial charge < -0.3 is 14.0 Å². The molecule has 0 N–H and O–H groups in total. The first kappa shape index (κ1) is 19.7. The second kappa shape index (κ2) is 7.77. The predicted octanol–water partition coefficient (Wildman–Crippen LogP) is 5.45. The van der Waals surface area contributed by atoms with Crippen LogP contribution in [0.4, 0.5) is 0 Å². The summed E-state index contributed by atoms with van der Waals surface area (Å²) in [5, 5.41) is 4.44. The summed E-state index contributed by atoms with van der Waals surface area (Å²) in [7, 11) is 1.81. The maximum atomic E-state index is 6.22. The van der Waals surface area contributed by atoms with Gasteiger partial charge in [0.2, 0.25) is 0 Å². The van der Waals surface area contributed by atoms with Crippen molar-refractivity contribution in [2.24, 2.45) is 11.3 Å². The molecule has 3 aliphatic rings. The molecule has 1 fully saturated rings. The van der Waals surface area contributed by atoms with Crippen LogP contribution < -0.4 is 4.74 Å². The highest BCUT2D eigenvalue weighted by Crippen LogP contribution is 2.63. The van der Waals surface area contributed by atoms with Crippen LogP contribution in [0.3, 0.4) is 0 Å². The van der Waals surface area contributed by atoms with Crippen molar-refractivity contribution < 1.29 is 14.0 Å². The molecular formula is C25H32N2O3. The fourth-order valence-electron chi connectivity index (χ4n) is 6.08. The van der Waals surface area contributed by atoms with E-state index in [2.05, 4.69) is 42.1 Å². The maximum Gasteiger partial charge on any atom is 0.258 e. The summed E-state index contributed by atoms with van der Waals surface area (Å²) in [6.07, 6.45) is 7.00. The van der Waals surface area contributed by atoms with Crippen molar-refractivity contribution in [1.82, 2.24) is 10.1 Å². The molecule has 1 aromatic carbocycles. The Hall–Kier alpha value is -2.27. The van der Waals surface area contributed by atoms with Gasteiger partial charge in [0.25, 0.3) is 5.88 Å². The number of nitrogens with zero attached hydrogens (tertiary/aromatic N) is 2. The lowest BCUT2D eigenvalue weighted by Crippen LogP contribution is -2.48. The number of fused-ring (bicyclic) bond motifs is 2. The van der Waals surface area contributed by atoms with Crippen molar-refractivity contribution in [1.29, 1.82) is 0 Å². The van der Waals surface area contributed by atoms with E-state index in [1.54, 1.807) is 0 Å². The number of allylic oxidation sites excluding steroid dienone is 2. The number of methoxy groups -OCH3 is 1. The average Bonchev–Trinajstić information content (AvgIpc) is 3.44. The Labute approximate surface area is 179 Å². The van der Waals surface area contributed by atoms with E-state index in [0.717, 1.165) is 48.6 Å². The molecule has 1 saturated heterocycles. The lowest BCUT2D eigenvalue weighted by molar-refractivity contribution is -0.00497. The van der Waals surface area contributed by atoms with Crippen LogP contribution in [-0.4, -0.2) is 30.3 Å². The molecule has 5 rings (SSSR count). The molecule has 5 heteroatoms. The Morgan fingerprint density at radius 1 is 1.20 bits per heavy atom. The predicted molar refractivity (Wildman–Crippen MR) is 115 cm³/mol. The number of aromatic nitrogens is 1. The summed E-state index contributed by atoms with van der Waals surface area (Å²) in [5.74, 6) is 3.43. The van der Waals surface area contributed by atoms with Gasteiger partial charge in [0.15, 0.2) is 5.76 Å². The first-order chi connectivity index (χ1) is 14.6. The van der Waals surface area contributed by atoms with Crippen LogP contribution in [0.1, 0.15) is 68.4 Å². The van der Waals surface area contributed by atoms with Gasteiger partial charge in [0.1, 0.15) is 6.61 Å². The van der Waals surface area contributed by atoms with Gasteiger partial charge in [-0.3, -0.25) is 4.90 Å². The molecule has 2 aromatic rings. The quantitative estimate of drug-likeness (QED) is 0.658. The molecule has 4 atom stereocenters. The minimum Gasteiger partial charge on any atom is -0.501 e. The number of ether oxygens (including phenoxy) is 2. The molecule has 0 amide bonds. The fourth-order valence-corrected chi connectivity index (χ4v) is 6.08. The summed E-state index contributed by atoms with van der Waals surface area (Å²) in [4.78, 5) is 2.61. The smallest absolute Gasteiger partial charge is 0.258 e. The minimum absolute atomic E-state index is 0.0936. The Bertz CT molecular complexity index is 916. The maximum absolute atomic E-state index is 6.22. The van der Waals surface area contributed by atoms with Crippen LogP contribution in [0.15, 0.2) is 46.7 Å². The molecule has 1 aliphatic heterocycles. The van der Waals surface area contributed by atoms with E-state index in [1.165, 1.54) is 12.8 Å². The molecular weight excluding hydrogens is 376 g/mol. The largest absolute Gasteiger partial charge is 0.501 e. The van der Waals surface area contributed by atoms with Crippen molar-refractivity contribution >= 4 is 0 Å². The molecule has 0 bridgehead atoms. The third-order valence-electron chi connectivity index (χ3n) is 7.79. The zero-order valence-electron chi connectivity index (χ0n) is 18.3. The molecule has 3 unspecified atom stereocenters. The summed E-state index contributed by atoms with van der Waals surface area (Å²) in [5.41, 5.74) is 2.17. The Balaban J connectivity index is 1.56. The van der Waals surface area contributed by atoms with Gasteiger partial charge in [-0.25, -0.2) is 0 Å². The van der Waals surface area contributed by atoms with Crippen LogP contribution in [0.25, 0.3) is 0 Å². The fraction of sp³-hybridized carbons (Fsp3) is 0.560. The van der Waals surface area contributed by atoms with Gasteiger partial charge in [-0.15, -0.1) is 0 Å². The molecule has 0 spiro atoms. The highest BCUT2D eigenvalue weighted by Gasteiger charge is 2.57. The molecule has 160 valence electrons. The molecule has 30 heavy (non-hydrogen) atoms. The molecule has 2 aliphatic carbocycles. The zero-order valence-corrected chi connectivity index (χ0v) is 18.3. The van der Waals surface area contributed by atoms with Crippen molar-refractivity contribution in [3.05, 3.63) is 59.1 Å². The lowest BCUT2D eigenvalue weighted by Gasteiger charge is -2.53. The van der Waals surface area contributed by atoms with E-state index in [-0.39, 0.29) is 17.4 Å². The van der Waals surface area contributed by atoms with E-state index in [9.17, 15) is 0 Å².